The second kappa shape index (κ2) is 5.78. The van der Waals surface area contributed by atoms with Crippen LogP contribution in [-0.4, -0.2) is 24.3 Å². The van der Waals surface area contributed by atoms with E-state index in [1.807, 2.05) is 13.8 Å². The number of fused-ring (bicyclic) bond motifs is 1. The summed E-state index contributed by atoms with van der Waals surface area (Å²) in [5.41, 5.74) is 2.86. The zero-order chi connectivity index (χ0) is 14.8. The zero-order valence-electron chi connectivity index (χ0n) is 11.5. The molecule has 4 N–H and O–H groups in total. The van der Waals surface area contributed by atoms with E-state index < -0.39 is 10.0 Å². The number of sulfonamides is 1. The number of nitrogens with one attached hydrogen (secondary N) is 2. The van der Waals surface area contributed by atoms with Crippen LogP contribution in [0.1, 0.15) is 20.3 Å². The van der Waals surface area contributed by atoms with Gasteiger partial charge >= 0.3 is 0 Å². The topological polar surface area (TPSA) is 102 Å². The summed E-state index contributed by atoms with van der Waals surface area (Å²) >= 11 is 0. The molecule has 0 atom stereocenters. The fraction of sp³-hybridized carbons (Fsp3) is 0.417. The third-order valence-corrected chi connectivity index (χ3v) is 4.37. The number of nitrogens with two attached hydrogens (primary N) is 1. The van der Waals surface area contributed by atoms with Crippen molar-refractivity contribution in [2.45, 2.75) is 25.3 Å². The van der Waals surface area contributed by atoms with Crippen LogP contribution in [0.2, 0.25) is 0 Å². The lowest BCUT2D eigenvalue weighted by Gasteiger charge is -2.09. The summed E-state index contributed by atoms with van der Waals surface area (Å²) in [5.74, 6) is 5.93. The standard InChI is InChI=1S/C12H19N5O2S/c1-9(2)6-7-14-20(18,19)12-11(16-13)15-10-5-3-4-8-17(10)12/h3-5,8-9,14,16H,6-7,13H2,1-2H3. The number of nitrogen functional groups attached to an aromatic ring is 1. The predicted octanol–water partition coefficient (Wildman–Crippen LogP) is 0.944. The Morgan fingerprint density at radius 2 is 2.15 bits per heavy atom. The van der Waals surface area contributed by atoms with Crippen molar-refractivity contribution in [1.82, 2.24) is 14.1 Å². The van der Waals surface area contributed by atoms with Gasteiger partial charge in [-0.3, -0.25) is 4.40 Å². The van der Waals surface area contributed by atoms with Crippen LogP contribution in [0.3, 0.4) is 0 Å². The Labute approximate surface area is 118 Å². The van der Waals surface area contributed by atoms with E-state index in [-0.39, 0.29) is 10.8 Å². The second-order valence-corrected chi connectivity index (χ2v) is 6.60. The van der Waals surface area contributed by atoms with Gasteiger partial charge in [0, 0.05) is 12.7 Å². The number of pyridine rings is 1. The molecule has 20 heavy (non-hydrogen) atoms. The van der Waals surface area contributed by atoms with E-state index in [4.69, 9.17) is 5.84 Å². The molecule has 0 aliphatic carbocycles. The summed E-state index contributed by atoms with van der Waals surface area (Å²) in [7, 11) is -3.67. The molecule has 0 aromatic carbocycles. The maximum Gasteiger partial charge on any atom is 0.260 e. The highest BCUT2D eigenvalue weighted by Gasteiger charge is 2.24. The first-order chi connectivity index (χ1) is 9.45. The van der Waals surface area contributed by atoms with Crippen LogP contribution in [-0.2, 0) is 10.0 Å². The zero-order valence-corrected chi connectivity index (χ0v) is 12.3. The highest BCUT2D eigenvalue weighted by molar-refractivity contribution is 7.89. The number of aromatic nitrogens is 2. The van der Waals surface area contributed by atoms with Crippen molar-refractivity contribution in [3.05, 3.63) is 24.4 Å². The van der Waals surface area contributed by atoms with E-state index in [0.717, 1.165) is 6.42 Å². The smallest absolute Gasteiger partial charge is 0.260 e. The molecular weight excluding hydrogens is 278 g/mol. The lowest BCUT2D eigenvalue weighted by molar-refractivity contribution is 0.549. The van der Waals surface area contributed by atoms with E-state index in [2.05, 4.69) is 15.1 Å². The van der Waals surface area contributed by atoms with Crippen LogP contribution < -0.4 is 16.0 Å². The van der Waals surface area contributed by atoms with Crippen LogP contribution in [0.25, 0.3) is 5.65 Å². The molecule has 2 aromatic rings. The Hall–Kier alpha value is -1.64. The van der Waals surface area contributed by atoms with Gasteiger partial charge in [-0.2, -0.15) is 0 Å². The first-order valence-electron chi connectivity index (χ1n) is 6.39. The minimum absolute atomic E-state index is 0.0272. The van der Waals surface area contributed by atoms with Crippen molar-refractivity contribution in [3.63, 3.8) is 0 Å². The molecule has 0 radical (unpaired) electrons. The summed E-state index contributed by atoms with van der Waals surface area (Å²) in [5, 5.41) is 0.0272. The Balaban J connectivity index is 2.40. The van der Waals surface area contributed by atoms with Gasteiger partial charge < -0.3 is 5.43 Å². The van der Waals surface area contributed by atoms with Gasteiger partial charge in [-0.15, -0.1) is 0 Å². The van der Waals surface area contributed by atoms with E-state index in [1.165, 1.54) is 4.40 Å². The predicted molar refractivity (Wildman–Crippen MR) is 77.6 cm³/mol. The molecule has 2 aromatic heterocycles. The third kappa shape index (κ3) is 2.92. The molecule has 8 heteroatoms. The van der Waals surface area contributed by atoms with Crippen LogP contribution in [0.15, 0.2) is 29.4 Å². The molecule has 2 heterocycles. The Morgan fingerprint density at radius 3 is 2.80 bits per heavy atom. The van der Waals surface area contributed by atoms with Crippen LogP contribution in [0, 0.1) is 5.92 Å². The Kier molecular flexibility index (Phi) is 4.26. The number of rotatable bonds is 6. The average molecular weight is 297 g/mol. The van der Waals surface area contributed by atoms with Gasteiger partial charge in [-0.1, -0.05) is 19.9 Å². The number of hydrogen-bond acceptors (Lipinski definition) is 5. The largest absolute Gasteiger partial charge is 0.306 e. The van der Waals surface area contributed by atoms with Crippen LogP contribution in [0.4, 0.5) is 5.82 Å². The molecular formula is C12H19N5O2S. The minimum Gasteiger partial charge on any atom is -0.306 e. The lowest BCUT2D eigenvalue weighted by atomic mass is 10.1. The van der Waals surface area contributed by atoms with Gasteiger partial charge in [-0.05, 0) is 24.5 Å². The minimum atomic E-state index is -3.67. The van der Waals surface area contributed by atoms with Gasteiger partial charge in [-0.25, -0.2) is 24.0 Å². The fourth-order valence-electron chi connectivity index (χ4n) is 1.87. The SMILES string of the molecule is CC(C)CCNS(=O)(=O)c1c(NN)nc2ccccn12. The van der Waals surface area contributed by atoms with Crippen LogP contribution >= 0.6 is 0 Å². The number of nitrogens with zero attached hydrogens (tertiary/aromatic N) is 2. The van der Waals surface area contributed by atoms with E-state index >= 15 is 0 Å². The summed E-state index contributed by atoms with van der Waals surface area (Å²) in [6.45, 7) is 4.45. The van der Waals surface area contributed by atoms with Crippen molar-refractivity contribution < 1.29 is 8.42 Å². The lowest BCUT2D eigenvalue weighted by Crippen LogP contribution is -2.28. The number of hydrogen-bond donors (Lipinski definition) is 3. The number of hydrazine groups is 1. The van der Waals surface area contributed by atoms with Gasteiger partial charge in [0.05, 0.1) is 0 Å². The molecule has 0 amide bonds. The van der Waals surface area contributed by atoms with Crippen molar-refractivity contribution >= 4 is 21.5 Å². The molecule has 0 aliphatic heterocycles. The highest BCUT2D eigenvalue weighted by Crippen LogP contribution is 2.21. The van der Waals surface area contributed by atoms with Gasteiger partial charge in [0.1, 0.15) is 5.65 Å². The maximum absolute atomic E-state index is 12.4. The molecule has 2 rings (SSSR count). The van der Waals surface area contributed by atoms with Gasteiger partial charge in [0.25, 0.3) is 10.0 Å². The molecule has 0 unspecified atom stereocenters. The molecule has 7 nitrogen and oxygen atoms in total. The Morgan fingerprint density at radius 1 is 1.40 bits per heavy atom. The van der Waals surface area contributed by atoms with Crippen molar-refractivity contribution in [2.75, 3.05) is 12.0 Å². The monoisotopic (exact) mass is 297 g/mol. The summed E-state index contributed by atoms with van der Waals surface area (Å²) in [6.07, 6.45) is 2.40. The van der Waals surface area contributed by atoms with Crippen molar-refractivity contribution in [3.8, 4) is 0 Å². The maximum atomic E-state index is 12.4. The number of anilines is 1. The average Bonchev–Trinajstić information content (AvgIpc) is 2.77. The van der Waals surface area contributed by atoms with Crippen molar-refractivity contribution in [2.24, 2.45) is 11.8 Å². The van der Waals surface area contributed by atoms with Crippen LogP contribution in [0.5, 0.6) is 0 Å². The van der Waals surface area contributed by atoms with Gasteiger partial charge in [0.15, 0.2) is 10.8 Å². The van der Waals surface area contributed by atoms with E-state index in [1.54, 1.807) is 24.4 Å². The summed E-state index contributed by atoms with van der Waals surface area (Å²) in [4.78, 5) is 4.15. The molecule has 0 spiro atoms. The normalized spacial score (nSPS) is 12.2. The Bertz CT molecular complexity index is 693. The second-order valence-electron chi connectivity index (χ2n) is 4.92. The first-order valence-corrected chi connectivity index (χ1v) is 7.87. The first kappa shape index (κ1) is 14.8. The third-order valence-electron chi connectivity index (χ3n) is 2.89. The molecule has 0 bridgehead atoms. The van der Waals surface area contributed by atoms with Crippen molar-refractivity contribution in [1.29, 1.82) is 0 Å². The molecule has 110 valence electrons. The summed E-state index contributed by atoms with van der Waals surface area (Å²) < 4.78 is 28.9. The molecule has 0 saturated carbocycles. The van der Waals surface area contributed by atoms with Gasteiger partial charge in [0.2, 0.25) is 0 Å². The summed E-state index contributed by atoms with van der Waals surface area (Å²) in [6, 6.07) is 5.24. The quantitative estimate of drug-likeness (QED) is 0.544. The highest BCUT2D eigenvalue weighted by atomic mass is 32.2. The molecule has 0 aliphatic rings. The van der Waals surface area contributed by atoms with E-state index in [9.17, 15) is 8.42 Å². The molecule has 0 fully saturated rings. The number of imidazole rings is 1. The van der Waals surface area contributed by atoms with E-state index in [0.29, 0.717) is 18.1 Å². The molecule has 0 saturated heterocycles. The fourth-order valence-corrected chi connectivity index (χ4v) is 3.17.